The van der Waals surface area contributed by atoms with Gasteiger partial charge >= 0.3 is 33.6 Å². The van der Waals surface area contributed by atoms with Gasteiger partial charge in [-0.3, -0.25) is 32.5 Å². The lowest BCUT2D eigenvalue weighted by atomic mass is 10.0. The maximum atomic E-state index is 13.0. The average molecular weight is 1510 g/mol. The van der Waals surface area contributed by atoms with E-state index in [1.54, 1.807) is 0 Å². The van der Waals surface area contributed by atoms with E-state index in [1.165, 1.54) is 116 Å². The largest absolute Gasteiger partial charge is 0.472 e. The van der Waals surface area contributed by atoms with Crippen molar-refractivity contribution < 1.29 is 75.8 Å². The number of allylic oxidation sites excluding steroid dienone is 22. The number of hydrogen-bond acceptors (Lipinski definition) is 14. The van der Waals surface area contributed by atoms with Crippen molar-refractivity contribution in [2.24, 2.45) is 0 Å². The number of esters is 3. The first kappa shape index (κ1) is 101. The van der Waals surface area contributed by atoms with E-state index in [0.29, 0.717) is 19.3 Å². The molecule has 0 rings (SSSR count). The molecular weight excluding hydrogens is 1360 g/mol. The van der Waals surface area contributed by atoms with Crippen LogP contribution in [0.1, 0.15) is 342 Å². The molecule has 0 aliphatic rings. The van der Waals surface area contributed by atoms with E-state index in [1.807, 2.05) is 0 Å². The lowest BCUT2D eigenvalue weighted by molar-refractivity contribution is -0.161. The zero-order valence-electron chi connectivity index (χ0n) is 66.1. The Labute approximate surface area is 639 Å². The van der Waals surface area contributed by atoms with Crippen LogP contribution in [0.15, 0.2) is 134 Å². The predicted octanol–water partition coefficient (Wildman–Crippen LogP) is 24.7. The van der Waals surface area contributed by atoms with E-state index in [0.717, 1.165) is 167 Å². The quantitative estimate of drug-likeness (QED) is 0.0146. The number of aliphatic hydroxyl groups excluding tert-OH is 2. The van der Waals surface area contributed by atoms with Crippen LogP contribution in [0.5, 0.6) is 0 Å². The summed E-state index contributed by atoms with van der Waals surface area (Å²) in [4.78, 5) is 58.7. The lowest BCUT2D eigenvalue weighted by Crippen LogP contribution is -2.30. The Bertz CT molecular complexity index is 2440. The second kappa shape index (κ2) is 79.2. The van der Waals surface area contributed by atoms with Crippen molar-refractivity contribution in [3.8, 4) is 0 Å². The SMILES string of the molecule is CC/C=C\C/C=C\C/C=C\C/C=C\C/C=C\CCCCCCCCCCCCCCCCCC(=O)OCC(O)COP(=O)(O)OCC(O)COP(=O)(O)OCC(COC(=O)CCCCCCCCC/C=C\C/C=C\C/C=C\C/C=C\C/C=C\CC)OC(=O)CCCCCCC/C=C\CCCCCCCC. The number of rotatable bonds is 78. The van der Waals surface area contributed by atoms with Crippen LogP contribution in [0.2, 0.25) is 0 Å². The molecule has 5 atom stereocenters. The van der Waals surface area contributed by atoms with Gasteiger partial charge in [0, 0.05) is 19.3 Å². The first-order chi connectivity index (χ1) is 51.2. The van der Waals surface area contributed by atoms with E-state index in [4.69, 9.17) is 32.3 Å². The van der Waals surface area contributed by atoms with Gasteiger partial charge in [0.2, 0.25) is 0 Å². The number of aliphatic hydroxyl groups is 2. The molecule has 0 saturated heterocycles. The van der Waals surface area contributed by atoms with Gasteiger partial charge in [-0.2, -0.15) is 0 Å². The standard InChI is InChI=1S/C87H150O16P2/c1-4-7-10-13-16-19-22-25-28-30-32-34-36-37-38-39-40-41-42-43-45-47-48-50-53-55-58-61-64-67-70-73-85(90)97-76-82(88)77-99-104(93,94)100-78-83(89)79-101-105(95,96)102-81-84(103-87(92)75-72-69-66-63-60-57-52-27-24-21-18-15-12-9-6-3)80-98-86(91)74-71-68-65-62-59-56-54-51-49-46-44-35-33-31-29-26-23-20-17-14-11-8-5-2/h7-8,10-11,16-17,19-20,25-29,32-35,37-38,46,49,52,82-84,88-89H,4-6,9,12-15,18,21-24,30-31,36,39-45,47-48,50-51,53-81H2,1-3H3,(H,93,94)(H,95,96)/b10-7-,11-8-,19-16-,20-17-,28-25-,29-26-,34-32-,35-33-,38-37-,49-46-,52-27-. The van der Waals surface area contributed by atoms with Crippen molar-refractivity contribution in [3.05, 3.63) is 134 Å². The van der Waals surface area contributed by atoms with Gasteiger partial charge < -0.3 is 34.2 Å². The molecule has 0 radical (unpaired) electrons. The first-order valence-corrected chi connectivity index (χ1v) is 44.5. The van der Waals surface area contributed by atoms with Gasteiger partial charge in [0.25, 0.3) is 0 Å². The number of carbonyl (C=O) groups excluding carboxylic acids is 3. The third-order valence-corrected chi connectivity index (χ3v) is 19.2. The molecule has 0 amide bonds. The van der Waals surface area contributed by atoms with E-state index in [-0.39, 0.29) is 19.3 Å². The van der Waals surface area contributed by atoms with Crippen LogP contribution in [0, 0.1) is 0 Å². The summed E-state index contributed by atoms with van der Waals surface area (Å²) >= 11 is 0. The number of ether oxygens (including phenoxy) is 3. The second-order valence-corrected chi connectivity index (χ2v) is 30.4. The third-order valence-electron chi connectivity index (χ3n) is 17.3. The van der Waals surface area contributed by atoms with Crippen molar-refractivity contribution >= 4 is 33.6 Å². The van der Waals surface area contributed by atoms with Crippen molar-refractivity contribution in [1.82, 2.24) is 0 Å². The molecule has 0 aromatic heterocycles. The van der Waals surface area contributed by atoms with Gasteiger partial charge in [-0.05, 0) is 135 Å². The number of hydrogen-bond donors (Lipinski definition) is 4. The molecule has 18 heteroatoms. The Kier molecular flexibility index (Phi) is 76.0. The molecule has 5 unspecified atom stereocenters. The summed E-state index contributed by atoms with van der Waals surface area (Å²) in [6, 6.07) is 0. The summed E-state index contributed by atoms with van der Waals surface area (Å²) in [5, 5.41) is 20.7. The zero-order valence-corrected chi connectivity index (χ0v) is 67.9. The predicted molar refractivity (Wildman–Crippen MR) is 436 cm³/mol. The minimum atomic E-state index is -4.94. The van der Waals surface area contributed by atoms with Crippen LogP contribution in [0.25, 0.3) is 0 Å². The fraction of sp³-hybridized carbons (Fsp3) is 0.713. The van der Waals surface area contributed by atoms with Crippen LogP contribution in [0.3, 0.4) is 0 Å². The molecule has 0 aliphatic carbocycles. The minimum Gasteiger partial charge on any atom is -0.463 e. The number of unbranched alkanes of at least 4 members (excludes halogenated alkanes) is 33. The topological polar surface area (TPSA) is 231 Å². The number of carbonyl (C=O) groups is 3. The highest BCUT2D eigenvalue weighted by Gasteiger charge is 2.29. The first-order valence-electron chi connectivity index (χ1n) is 41.5. The van der Waals surface area contributed by atoms with E-state index < -0.39 is 91.5 Å². The Morgan fingerprint density at radius 3 is 0.810 bits per heavy atom. The van der Waals surface area contributed by atoms with Crippen LogP contribution < -0.4 is 0 Å². The smallest absolute Gasteiger partial charge is 0.463 e. The van der Waals surface area contributed by atoms with Gasteiger partial charge in [-0.1, -0.05) is 321 Å². The Balaban J connectivity index is 4.50. The number of phosphoric acid groups is 2. The highest BCUT2D eigenvalue weighted by Crippen LogP contribution is 2.45. The second-order valence-electron chi connectivity index (χ2n) is 27.5. The van der Waals surface area contributed by atoms with Crippen molar-refractivity contribution in [2.45, 2.75) is 360 Å². The molecule has 0 aliphatic heterocycles. The van der Waals surface area contributed by atoms with Gasteiger partial charge in [-0.25, -0.2) is 9.13 Å². The van der Waals surface area contributed by atoms with Crippen LogP contribution in [-0.4, -0.2) is 95.9 Å². The van der Waals surface area contributed by atoms with Gasteiger partial charge in [0.1, 0.15) is 25.4 Å². The maximum absolute atomic E-state index is 13.0. The molecule has 4 N–H and O–H groups in total. The Morgan fingerprint density at radius 1 is 0.276 bits per heavy atom. The van der Waals surface area contributed by atoms with E-state index in [9.17, 15) is 43.5 Å². The monoisotopic (exact) mass is 1510 g/mol. The highest BCUT2D eigenvalue weighted by atomic mass is 31.2. The fourth-order valence-corrected chi connectivity index (χ4v) is 12.7. The highest BCUT2D eigenvalue weighted by molar-refractivity contribution is 7.47. The molecule has 0 spiro atoms. The molecule has 0 fully saturated rings. The van der Waals surface area contributed by atoms with E-state index in [2.05, 4.69) is 154 Å². The molecule has 0 aromatic rings. The fourth-order valence-electron chi connectivity index (χ4n) is 11.1. The molecule has 0 aromatic carbocycles. The minimum absolute atomic E-state index is 0.0907. The van der Waals surface area contributed by atoms with Crippen LogP contribution >= 0.6 is 15.6 Å². The molecular formula is C87H150O16P2. The van der Waals surface area contributed by atoms with Crippen molar-refractivity contribution in [2.75, 3.05) is 39.6 Å². The van der Waals surface area contributed by atoms with Crippen molar-refractivity contribution in [3.63, 3.8) is 0 Å². The Morgan fingerprint density at radius 2 is 0.505 bits per heavy atom. The number of phosphoric ester groups is 2. The molecule has 16 nitrogen and oxygen atoms in total. The summed E-state index contributed by atoms with van der Waals surface area (Å²) in [5.41, 5.74) is 0. The van der Waals surface area contributed by atoms with Crippen LogP contribution in [0.4, 0.5) is 0 Å². The third kappa shape index (κ3) is 80.5. The molecule has 0 saturated carbocycles. The summed E-state index contributed by atoms with van der Waals surface area (Å²) in [5.74, 6) is -1.59. The average Bonchev–Trinajstić information content (AvgIpc) is 0.965. The van der Waals surface area contributed by atoms with Gasteiger partial charge in [0.15, 0.2) is 6.10 Å². The molecule has 0 heterocycles. The van der Waals surface area contributed by atoms with Crippen molar-refractivity contribution in [1.29, 1.82) is 0 Å². The summed E-state index contributed by atoms with van der Waals surface area (Å²) in [7, 11) is -9.80. The summed E-state index contributed by atoms with van der Waals surface area (Å²) in [6.07, 6.45) is 96.4. The molecule has 0 bridgehead atoms. The normalized spacial score (nSPS) is 14.6. The van der Waals surface area contributed by atoms with Crippen LogP contribution in [-0.2, 0) is 55.8 Å². The Hall–Kier alpha value is -4.31. The summed E-state index contributed by atoms with van der Waals surface area (Å²) < 4.78 is 61.2. The van der Waals surface area contributed by atoms with E-state index >= 15 is 0 Å². The lowest BCUT2D eigenvalue weighted by Gasteiger charge is -2.21. The zero-order chi connectivity index (χ0) is 76.6. The van der Waals surface area contributed by atoms with Gasteiger partial charge in [0.05, 0.1) is 26.4 Å². The van der Waals surface area contributed by atoms with Gasteiger partial charge in [-0.15, -0.1) is 0 Å². The molecule has 105 heavy (non-hydrogen) atoms. The maximum Gasteiger partial charge on any atom is 0.472 e. The molecule has 604 valence electrons. The summed E-state index contributed by atoms with van der Waals surface area (Å²) in [6.45, 7) is 2.46.